The third-order valence-electron chi connectivity index (χ3n) is 5.21. The van der Waals surface area contributed by atoms with E-state index in [0.717, 1.165) is 36.1 Å². The molecule has 3 rings (SSSR count). The third kappa shape index (κ3) is 4.64. The topological polar surface area (TPSA) is 74.6 Å². The number of ether oxygens (including phenoxy) is 2. The number of aryl methyl sites for hydroxylation is 1. The summed E-state index contributed by atoms with van der Waals surface area (Å²) in [4.78, 5) is 14.5. The minimum Gasteiger partial charge on any atom is -0.493 e. The van der Waals surface area contributed by atoms with Crippen LogP contribution in [-0.2, 0) is 11.2 Å². The van der Waals surface area contributed by atoms with Gasteiger partial charge in [0.2, 0.25) is 0 Å². The fourth-order valence-electron chi connectivity index (χ4n) is 3.54. The quantitative estimate of drug-likeness (QED) is 0.461. The number of nitrogens with zero attached hydrogens (tertiary/aromatic N) is 2. The molecule has 0 saturated carbocycles. The van der Waals surface area contributed by atoms with E-state index in [1.165, 1.54) is 0 Å². The number of thiol groups is 1. The van der Waals surface area contributed by atoms with E-state index in [2.05, 4.69) is 31.8 Å². The zero-order chi connectivity index (χ0) is 22.4. The molecule has 2 aromatic carbocycles. The maximum absolute atomic E-state index is 12.6. The molecule has 0 spiro atoms. The van der Waals surface area contributed by atoms with Crippen LogP contribution in [0.5, 0.6) is 11.5 Å². The molecular formula is C24H27N3O3S. The molecule has 1 heterocycles. The molecule has 1 amide bonds. The zero-order valence-corrected chi connectivity index (χ0v) is 18.9. The minimum atomic E-state index is -0.552. The Labute approximate surface area is 188 Å². The Balaban J connectivity index is 2.09. The van der Waals surface area contributed by atoms with Gasteiger partial charge in [0.05, 0.1) is 18.7 Å². The molecule has 1 atom stereocenters. The van der Waals surface area contributed by atoms with Crippen molar-refractivity contribution in [2.24, 2.45) is 0 Å². The molecule has 2 aromatic rings. The van der Waals surface area contributed by atoms with E-state index in [0.29, 0.717) is 23.1 Å². The first kappa shape index (κ1) is 22.6. The summed E-state index contributed by atoms with van der Waals surface area (Å²) in [6.07, 6.45) is 2.24. The van der Waals surface area contributed by atoms with Crippen LogP contribution in [0.1, 0.15) is 44.0 Å². The number of hydrogen-bond acceptors (Lipinski definition) is 6. The van der Waals surface area contributed by atoms with Gasteiger partial charge in [-0.1, -0.05) is 44.5 Å². The number of unbranched alkanes of at least 4 members (excludes halogenated alkanes) is 1. The van der Waals surface area contributed by atoms with E-state index < -0.39 is 12.1 Å². The van der Waals surface area contributed by atoms with E-state index in [1.807, 2.05) is 53.4 Å². The molecule has 0 bridgehead atoms. The fourth-order valence-corrected chi connectivity index (χ4v) is 3.91. The summed E-state index contributed by atoms with van der Waals surface area (Å²) in [5.74, 6) is 0.786. The number of para-hydroxylation sites is 1. The van der Waals surface area contributed by atoms with Crippen molar-refractivity contribution in [1.82, 2.24) is 5.32 Å². The molecule has 0 radical (unpaired) electrons. The number of nitriles is 1. The molecule has 31 heavy (non-hydrogen) atoms. The molecule has 1 aliphatic heterocycles. The number of benzene rings is 2. The zero-order valence-electron chi connectivity index (χ0n) is 18.0. The molecule has 6 nitrogen and oxygen atoms in total. The molecule has 1 aliphatic rings. The van der Waals surface area contributed by atoms with Crippen molar-refractivity contribution in [1.29, 1.82) is 5.26 Å². The number of methoxy groups -OCH3 is 1. The van der Waals surface area contributed by atoms with Crippen molar-refractivity contribution in [2.75, 3.05) is 18.6 Å². The Bertz CT molecular complexity index is 1030. The summed E-state index contributed by atoms with van der Waals surface area (Å²) < 4.78 is 11.4. The van der Waals surface area contributed by atoms with Gasteiger partial charge in [0.15, 0.2) is 11.5 Å². The summed E-state index contributed by atoms with van der Waals surface area (Å²) in [6, 6.07) is 15.5. The van der Waals surface area contributed by atoms with Gasteiger partial charge in [0.1, 0.15) is 17.8 Å². The Morgan fingerprint density at radius 1 is 1.19 bits per heavy atom. The highest BCUT2D eigenvalue weighted by atomic mass is 32.1. The van der Waals surface area contributed by atoms with Gasteiger partial charge in [0.25, 0.3) is 5.91 Å². The molecule has 7 heteroatoms. The van der Waals surface area contributed by atoms with Crippen LogP contribution < -0.4 is 19.7 Å². The molecule has 0 fully saturated rings. The van der Waals surface area contributed by atoms with E-state index in [1.54, 1.807) is 7.11 Å². The summed E-state index contributed by atoms with van der Waals surface area (Å²) in [6.45, 7) is 4.78. The van der Waals surface area contributed by atoms with Gasteiger partial charge in [-0.2, -0.15) is 5.26 Å². The van der Waals surface area contributed by atoms with Crippen LogP contribution in [0.2, 0.25) is 0 Å². The second kappa shape index (κ2) is 10.3. The van der Waals surface area contributed by atoms with Crippen LogP contribution >= 0.6 is 12.6 Å². The minimum absolute atomic E-state index is 0.0167. The number of carbonyl (C=O) groups excluding carboxylic acids is 1. The third-order valence-corrected chi connectivity index (χ3v) is 5.65. The Morgan fingerprint density at radius 2 is 1.97 bits per heavy atom. The molecular weight excluding hydrogens is 410 g/mol. The second-order valence-corrected chi connectivity index (χ2v) is 7.57. The summed E-state index contributed by atoms with van der Waals surface area (Å²) in [7, 11) is 1.59. The van der Waals surface area contributed by atoms with Crippen molar-refractivity contribution in [3.8, 4) is 17.6 Å². The van der Waals surface area contributed by atoms with Gasteiger partial charge in [-0.3, -0.25) is 4.79 Å². The van der Waals surface area contributed by atoms with Crippen LogP contribution in [0, 0.1) is 11.3 Å². The number of carbonyl (C=O) groups is 1. The smallest absolute Gasteiger partial charge is 0.266 e. The largest absolute Gasteiger partial charge is 0.493 e. The first-order valence-corrected chi connectivity index (χ1v) is 10.8. The normalized spacial score (nSPS) is 16.0. The molecule has 1 unspecified atom stereocenters. The molecule has 162 valence electrons. The Hall–Kier alpha value is -3.11. The van der Waals surface area contributed by atoms with Gasteiger partial charge in [-0.15, -0.1) is 12.6 Å². The number of hydrogen-bond donors (Lipinski definition) is 2. The lowest BCUT2D eigenvalue weighted by atomic mass is 10.0. The summed E-state index contributed by atoms with van der Waals surface area (Å²) >= 11 is 4.59. The van der Waals surface area contributed by atoms with Crippen LogP contribution in [0.3, 0.4) is 0 Å². The first-order chi connectivity index (χ1) is 15.0. The summed E-state index contributed by atoms with van der Waals surface area (Å²) in [5, 5.41) is 12.8. The second-order valence-electron chi connectivity index (χ2n) is 7.15. The average molecular weight is 438 g/mol. The highest BCUT2D eigenvalue weighted by Gasteiger charge is 2.35. The lowest BCUT2D eigenvalue weighted by molar-refractivity contribution is -0.118. The van der Waals surface area contributed by atoms with Crippen molar-refractivity contribution in [3.05, 3.63) is 64.2 Å². The average Bonchev–Trinajstić information content (AvgIpc) is 2.79. The van der Waals surface area contributed by atoms with Gasteiger partial charge in [-0.05, 0) is 42.2 Å². The monoisotopic (exact) mass is 437 g/mol. The highest BCUT2D eigenvalue weighted by Crippen LogP contribution is 2.39. The SMILES string of the molecule is CCCCOc1ccc(C2NC(=O)C(C#N)=C(S)N2c2ccccc2CC)cc1OC. The van der Waals surface area contributed by atoms with Crippen LogP contribution in [-0.4, -0.2) is 19.6 Å². The predicted molar refractivity (Wildman–Crippen MR) is 124 cm³/mol. The number of nitrogens with one attached hydrogen (secondary N) is 1. The standard InChI is InChI=1S/C24H27N3O3S/c1-4-6-13-30-20-12-11-17(14-21(20)29-3)22-26-23(28)18(15-25)24(31)27(22)19-10-8-7-9-16(19)5-2/h7-12,14,22,31H,4-6,13H2,1-3H3,(H,26,28). The van der Waals surface area contributed by atoms with Crippen molar-refractivity contribution in [2.45, 2.75) is 39.3 Å². The molecule has 0 aliphatic carbocycles. The number of anilines is 1. The van der Waals surface area contributed by atoms with E-state index in [4.69, 9.17) is 9.47 Å². The summed E-state index contributed by atoms with van der Waals surface area (Å²) in [5.41, 5.74) is 2.74. The molecule has 0 aromatic heterocycles. The van der Waals surface area contributed by atoms with Crippen molar-refractivity contribution in [3.63, 3.8) is 0 Å². The lowest BCUT2D eigenvalue weighted by Gasteiger charge is -2.39. The lowest BCUT2D eigenvalue weighted by Crippen LogP contribution is -2.46. The van der Waals surface area contributed by atoms with Crippen LogP contribution in [0.4, 0.5) is 5.69 Å². The fraction of sp³-hybridized carbons (Fsp3) is 0.333. The number of amides is 1. The van der Waals surface area contributed by atoms with E-state index in [9.17, 15) is 10.1 Å². The van der Waals surface area contributed by atoms with Gasteiger partial charge >= 0.3 is 0 Å². The van der Waals surface area contributed by atoms with Crippen LogP contribution in [0.25, 0.3) is 0 Å². The Kier molecular flexibility index (Phi) is 7.48. The van der Waals surface area contributed by atoms with Gasteiger partial charge in [-0.25, -0.2) is 0 Å². The first-order valence-electron chi connectivity index (χ1n) is 10.4. The van der Waals surface area contributed by atoms with Crippen LogP contribution in [0.15, 0.2) is 53.1 Å². The number of rotatable bonds is 8. The van der Waals surface area contributed by atoms with Crippen molar-refractivity contribution < 1.29 is 14.3 Å². The van der Waals surface area contributed by atoms with Gasteiger partial charge in [0, 0.05) is 5.69 Å². The maximum Gasteiger partial charge on any atom is 0.266 e. The van der Waals surface area contributed by atoms with Crippen molar-refractivity contribution >= 4 is 24.2 Å². The van der Waals surface area contributed by atoms with Gasteiger partial charge < -0.3 is 19.7 Å². The predicted octanol–water partition coefficient (Wildman–Crippen LogP) is 4.74. The highest BCUT2D eigenvalue weighted by molar-refractivity contribution is 7.84. The maximum atomic E-state index is 12.6. The van der Waals surface area contributed by atoms with E-state index in [-0.39, 0.29) is 5.57 Å². The molecule has 0 saturated heterocycles. The molecule has 1 N–H and O–H groups in total. The Morgan fingerprint density at radius 3 is 2.65 bits per heavy atom. The van der Waals surface area contributed by atoms with E-state index >= 15 is 0 Å².